The fourth-order valence-electron chi connectivity index (χ4n) is 2.97. The van der Waals surface area contributed by atoms with Crippen molar-refractivity contribution in [3.63, 3.8) is 0 Å². The molecule has 0 fully saturated rings. The van der Waals surface area contributed by atoms with Crippen LogP contribution in [0.25, 0.3) is 0 Å². The van der Waals surface area contributed by atoms with E-state index >= 15 is 0 Å². The minimum absolute atomic E-state index is 0.109. The lowest BCUT2D eigenvalue weighted by atomic mass is 10.0. The van der Waals surface area contributed by atoms with Crippen LogP contribution in [-0.4, -0.2) is 43.7 Å². The van der Waals surface area contributed by atoms with Gasteiger partial charge in [0, 0.05) is 38.0 Å². The predicted molar refractivity (Wildman–Crippen MR) is 94.5 cm³/mol. The Morgan fingerprint density at radius 3 is 2.96 bits per heavy atom. The van der Waals surface area contributed by atoms with Gasteiger partial charge in [-0.1, -0.05) is 13.8 Å². The van der Waals surface area contributed by atoms with Crippen molar-refractivity contribution >= 4 is 11.7 Å². The highest BCUT2D eigenvalue weighted by molar-refractivity contribution is 5.95. The van der Waals surface area contributed by atoms with Crippen molar-refractivity contribution < 1.29 is 4.79 Å². The van der Waals surface area contributed by atoms with Gasteiger partial charge in [0.25, 0.3) is 5.91 Å². The third-order valence-corrected chi connectivity index (χ3v) is 4.20. The summed E-state index contributed by atoms with van der Waals surface area (Å²) in [4.78, 5) is 21.3. The first kappa shape index (κ1) is 17.3. The molecule has 2 N–H and O–H groups in total. The number of fused-ring (bicyclic) bond motifs is 1. The quantitative estimate of drug-likeness (QED) is 0.785. The predicted octanol–water partition coefficient (Wildman–Crippen LogP) is 1.23. The van der Waals surface area contributed by atoms with Crippen LogP contribution < -0.4 is 10.6 Å². The SMILES string of the molecule is CCn1cnnc1CCNc1nc(CC(C)C)nc2c1CCNC2=O. The Morgan fingerprint density at radius 2 is 2.20 bits per heavy atom. The summed E-state index contributed by atoms with van der Waals surface area (Å²) in [6.45, 7) is 8.46. The molecule has 0 saturated heterocycles. The van der Waals surface area contributed by atoms with Gasteiger partial charge in [0.05, 0.1) is 0 Å². The van der Waals surface area contributed by atoms with Gasteiger partial charge < -0.3 is 15.2 Å². The van der Waals surface area contributed by atoms with Gasteiger partial charge in [0.2, 0.25) is 0 Å². The van der Waals surface area contributed by atoms with Gasteiger partial charge in [0.1, 0.15) is 29.5 Å². The number of rotatable bonds is 7. The Labute approximate surface area is 147 Å². The van der Waals surface area contributed by atoms with Crippen molar-refractivity contribution in [1.82, 2.24) is 30.0 Å². The van der Waals surface area contributed by atoms with E-state index in [1.54, 1.807) is 6.33 Å². The summed E-state index contributed by atoms with van der Waals surface area (Å²) in [7, 11) is 0. The number of nitrogens with one attached hydrogen (secondary N) is 2. The van der Waals surface area contributed by atoms with Crippen LogP contribution in [0.5, 0.6) is 0 Å². The molecule has 0 spiro atoms. The summed E-state index contributed by atoms with van der Waals surface area (Å²) in [5, 5.41) is 14.3. The molecule has 0 aromatic carbocycles. The second-order valence-corrected chi connectivity index (χ2v) is 6.63. The second kappa shape index (κ2) is 7.58. The van der Waals surface area contributed by atoms with E-state index in [1.165, 1.54) is 0 Å². The number of hydrogen-bond acceptors (Lipinski definition) is 6. The molecule has 0 saturated carbocycles. The van der Waals surface area contributed by atoms with Crippen molar-refractivity contribution in [2.75, 3.05) is 18.4 Å². The van der Waals surface area contributed by atoms with E-state index < -0.39 is 0 Å². The fourth-order valence-corrected chi connectivity index (χ4v) is 2.97. The molecular formula is C17H25N7O. The first-order chi connectivity index (χ1) is 12.1. The number of amides is 1. The van der Waals surface area contributed by atoms with Gasteiger partial charge in [0.15, 0.2) is 0 Å². The van der Waals surface area contributed by atoms with Gasteiger partial charge in [-0.05, 0) is 19.3 Å². The Bertz CT molecular complexity index is 753. The molecular weight excluding hydrogens is 318 g/mol. The zero-order chi connectivity index (χ0) is 17.8. The van der Waals surface area contributed by atoms with Crippen LogP contribution in [0.3, 0.4) is 0 Å². The van der Waals surface area contributed by atoms with E-state index in [9.17, 15) is 4.79 Å². The molecule has 0 atom stereocenters. The zero-order valence-electron chi connectivity index (χ0n) is 15.0. The smallest absolute Gasteiger partial charge is 0.270 e. The molecule has 1 amide bonds. The van der Waals surface area contributed by atoms with Crippen LogP contribution in [0, 0.1) is 5.92 Å². The number of carbonyl (C=O) groups is 1. The van der Waals surface area contributed by atoms with Crippen LogP contribution in [0.1, 0.15) is 48.5 Å². The Morgan fingerprint density at radius 1 is 1.36 bits per heavy atom. The number of carbonyl (C=O) groups excluding carboxylic acids is 1. The molecule has 0 bridgehead atoms. The monoisotopic (exact) mass is 343 g/mol. The summed E-state index contributed by atoms with van der Waals surface area (Å²) in [5.41, 5.74) is 1.42. The summed E-state index contributed by atoms with van der Waals surface area (Å²) in [6.07, 6.45) is 3.99. The van der Waals surface area contributed by atoms with Crippen molar-refractivity contribution in [1.29, 1.82) is 0 Å². The highest BCUT2D eigenvalue weighted by atomic mass is 16.1. The second-order valence-electron chi connectivity index (χ2n) is 6.63. The van der Waals surface area contributed by atoms with Gasteiger partial charge >= 0.3 is 0 Å². The van der Waals surface area contributed by atoms with E-state index in [2.05, 4.69) is 51.6 Å². The van der Waals surface area contributed by atoms with Crippen LogP contribution in [0.4, 0.5) is 5.82 Å². The summed E-state index contributed by atoms with van der Waals surface area (Å²) >= 11 is 0. The number of aryl methyl sites for hydroxylation is 1. The average molecular weight is 343 g/mol. The number of aromatic nitrogens is 5. The van der Waals surface area contributed by atoms with Gasteiger partial charge in [-0.25, -0.2) is 9.97 Å². The van der Waals surface area contributed by atoms with Crippen molar-refractivity contribution in [2.45, 2.75) is 46.6 Å². The van der Waals surface area contributed by atoms with Gasteiger partial charge in [-0.15, -0.1) is 10.2 Å². The third-order valence-electron chi connectivity index (χ3n) is 4.20. The molecule has 1 aliphatic heterocycles. The molecule has 3 heterocycles. The maximum atomic E-state index is 12.2. The highest BCUT2D eigenvalue weighted by Crippen LogP contribution is 2.21. The van der Waals surface area contributed by atoms with E-state index in [1.807, 2.05) is 4.57 Å². The van der Waals surface area contributed by atoms with E-state index in [0.717, 1.165) is 43.0 Å². The molecule has 2 aromatic heterocycles. The lowest BCUT2D eigenvalue weighted by Crippen LogP contribution is -2.34. The minimum Gasteiger partial charge on any atom is -0.369 e. The molecule has 0 radical (unpaired) electrons. The summed E-state index contributed by atoms with van der Waals surface area (Å²) in [6, 6.07) is 0. The maximum absolute atomic E-state index is 12.2. The molecule has 1 aliphatic rings. The van der Waals surface area contributed by atoms with Crippen LogP contribution in [-0.2, 0) is 25.8 Å². The summed E-state index contributed by atoms with van der Waals surface area (Å²) in [5.74, 6) is 2.75. The Hall–Kier alpha value is -2.51. The van der Waals surface area contributed by atoms with Crippen molar-refractivity contribution in [3.05, 3.63) is 29.2 Å². The largest absolute Gasteiger partial charge is 0.369 e. The van der Waals surface area contributed by atoms with Crippen molar-refractivity contribution in [3.8, 4) is 0 Å². The molecule has 8 heteroatoms. The molecule has 2 aromatic rings. The minimum atomic E-state index is -0.109. The summed E-state index contributed by atoms with van der Waals surface area (Å²) < 4.78 is 2.02. The van der Waals surface area contributed by atoms with E-state index in [0.29, 0.717) is 30.5 Å². The molecule has 3 rings (SSSR count). The molecule has 8 nitrogen and oxygen atoms in total. The average Bonchev–Trinajstić information content (AvgIpc) is 3.03. The zero-order valence-corrected chi connectivity index (χ0v) is 15.0. The van der Waals surface area contributed by atoms with Crippen LogP contribution in [0.15, 0.2) is 6.33 Å². The highest BCUT2D eigenvalue weighted by Gasteiger charge is 2.23. The first-order valence-electron chi connectivity index (χ1n) is 8.87. The van der Waals surface area contributed by atoms with Gasteiger partial charge in [-0.2, -0.15) is 0 Å². The topological polar surface area (TPSA) is 97.6 Å². The van der Waals surface area contributed by atoms with E-state index in [-0.39, 0.29) is 5.91 Å². The first-order valence-corrected chi connectivity index (χ1v) is 8.87. The third kappa shape index (κ3) is 3.94. The van der Waals surface area contributed by atoms with E-state index in [4.69, 9.17) is 0 Å². The lowest BCUT2D eigenvalue weighted by molar-refractivity contribution is 0.0940. The van der Waals surface area contributed by atoms with Gasteiger partial charge in [-0.3, -0.25) is 4.79 Å². The number of anilines is 1. The Kier molecular flexibility index (Phi) is 5.25. The lowest BCUT2D eigenvalue weighted by Gasteiger charge is -2.20. The standard InChI is InChI=1S/C17H25N7O/c1-4-24-10-20-23-14(24)6-8-18-16-12-5-7-19-17(25)15(12)21-13(22-16)9-11(2)3/h10-11H,4-9H2,1-3H3,(H,19,25)(H,18,21,22). The Balaban J connectivity index is 1.79. The number of nitrogens with zero attached hydrogens (tertiary/aromatic N) is 5. The number of hydrogen-bond donors (Lipinski definition) is 2. The molecule has 0 aliphatic carbocycles. The maximum Gasteiger partial charge on any atom is 0.270 e. The molecule has 0 unspecified atom stereocenters. The van der Waals surface area contributed by atoms with Crippen LogP contribution >= 0.6 is 0 Å². The normalized spacial score (nSPS) is 13.7. The molecule has 134 valence electrons. The molecule has 25 heavy (non-hydrogen) atoms. The van der Waals surface area contributed by atoms with Crippen molar-refractivity contribution in [2.24, 2.45) is 5.92 Å². The van der Waals surface area contributed by atoms with Crippen LogP contribution in [0.2, 0.25) is 0 Å². The fraction of sp³-hybridized carbons (Fsp3) is 0.588.